The molecule has 1 aromatic carbocycles. The second kappa shape index (κ2) is 6.60. The van der Waals surface area contributed by atoms with Crippen molar-refractivity contribution >= 4 is 17.4 Å². The predicted molar refractivity (Wildman–Crippen MR) is 105 cm³/mol. The molecule has 1 saturated carbocycles. The van der Waals surface area contributed by atoms with E-state index in [9.17, 15) is 4.79 Å². The van der Waals surface area contributed by atoms with Crippen LogP contribution in [0.1, 0.15) is 24.1 Å². The first-order chi connectivity index (χ1) is 13.7. The summed E-state index contributed by atoms with van der Waals surface area (Å²) in [5.74, 6) is 1.64. The Labute approximate surface area is 167 Å². The molecule has 0 spiro atoms. The maximum absolute atomic E-state index is 13.1. The van der Waals surface area contributed by atoms with Crippen LogP contribution in [0.4, 0.5) is 0 Å². The van der Waals surface area contributed by atoms with E-state index in [2.05, 4.69) is 9.97 Å². The average molecular weight is 393 g/mol. The van der Waals surface area contributed by atoms with Crippen molar-refractivity contribution in [2.24, 2.45) is 0 Å². The molecule has 6 heteroatoms. The smallest absolute Gasteiger partial charge is 0.231 e. The van der Waals surface area contributed by atoms with Gasteiger partial charge in [-0.25, -0.2) is 0 Å². The van der Waals surface area contributed by atoms with E-state index in [0.29, 0.717) is 17.2 Å². The lowest BCUT2D eigenvalue weighted by atomic mass is 9.88. The highest BCUT2D eigenvalue weighted by atomic mass is 35.5. The summed E-state index contributed by atoms with van der Waals surface area (Å²) >= 11 is 6.20. The van der Waals surface area contributed by atoms with Crippen LogP contribution in [0.2, 0.25) is 5.02 Å². The molecule has 140 valence electrons. The summed E-state index contributed by atoms with van der Waals surface area (Å²) in [6, 6.07) is 11.5. The number of carbonyl (C=O) groups is 1. The molecule has 3 aromatic rings. The number of ether oxygens (including phenoxy) is 2. The van der Waals surface area contributed by atoms with Gasteiger partial charge in [-0.05, 0) is 42.7 Å². The number of ketones is 1. The Morgan fingerprint density at radius 1 is 1.07 bits per heavy atom. The molecule has 2 aromatic heterocycles. The Hall–Kier alpha value is -2.92. The fourth-order valence-electron chi connectivity index (χ4n) is 3.68. The van der Waals surface area contributed by atoms with Crippen LogP contribution < -0.4 is 9.47 Å². The number of carbonyl (C=O) groups excluding carboxylic acids is 1. The van der Waals surface area contributed by atoms with Gasteiger partial charge in [-0.2, -0.15) is 0 Å². The number of hydrogen-bond donors (Lipinski definition) is 0. The third-order valence-electron chi connectivity index (χ3n) is 5.46. The molecule has 0 N–H and O–H groups in total. The van der Waals surface area contributed by atoms with E-state index in [4.69, 9.17) is 21.1 Å². The van der Waals surface area contributed by atoms with Crippen LogP contribution in [0.3, 0.4) is 0 Å². The molecule has 0 atom stereocenters. The lowest BCUT2D eigenvalue weighted by Gasteiger charge is -2.15. The highest BCUT2D eigenvalue weighted by Gasteiger charge is 2.50. The minimum atomic E-state index is -0.421. The molecular weight excluding hydrogens is 376 g/mol. The molecule has 0 amide bonds. The van der Waals surface area contributed by atoms with E-state index in [1.54, 1.807) is 18.6 Å². The topological polar surface area (TPSA) is 61.3 Å². The molecule has 0 bridgehead atoms. The van der Waals surface area contributed by atoms with E-state index >= 15 is 0 Å². The number of aromatic nitrogens is 2. The van der Waals surface area contributed by atoms with Gasteiger partial charge in [0.2, 0.25) is 6.79 Å². The molecule has 5 rings (SSSR count). The second-order valence-electron chi connectivity index (χ2n) is 7.14. The van der Waals surface area contributed by atoms with Gasteiger partial charge >= 0.3 is 0 Å². The molecule has 28 heavy (non-hydrogen) atoms. The van der Waals surface area contributed by atoms with E-state index in [0.717, 1.165) is 41.0 Å². The van der Waals surface area contributed by atoms with Crippen molar-refractivity contribution < 1.29 is 14.3 Å². The third kappa shape index (κ3) is 2.92. The number of hydrogen-bond acceptors (Lipinski definition) is 5. The molecule has 0 radical (unpaired) electrons. The van der Waals surface area contributed by atoms with Crippen molar-refractivity contribution in [2.45, 2.75) is 24.7 Å². The zero-order chi connectivity index (χ0) is 19.1. The van der Waals surface area contributed by atoms with Gasteiger partial charge in [-0.15, -0.1) is 0 Å². The van der Waals surface area contributed by atoms with Crippen molar-refractivity contribution in [3.63, 3.8) is 0 Å². The zero-order valence-corrected chi connectivity index (χ0v) is 15.8. The molecule has 0 saturated heterocycles. The van der Waals surface area contributed by atoms with Crippen LogP contribution in [0.25, 0.3) is 11.1 Å². The first-order valence-electron chi connectivity index (χ1n) is 9.14. The maximum Gasteiger partial charge on any atom is 0.231 e. The lowest BCUT2D eigenvalue weighted by Crippen LogP contribution is -2.22. The van der Waals surface area contributed by atoms with Crippen molar-refractivity contribution in [2.75, 3.05) is 6.79 Å². The number of pyridine rings is 2. The third-order valence-corrected chi connectivity index (χ3v) is 5.76. The van der Waals surface area contributed by atoms with Gasteiger partial charge in [0, 0.05) is 41.8 Å². The van der Waals surface area contributed by atoms with E-state index in [-0.39, 0.29) is 12.6 Å². The van der Waals surface area contributed by atoms with Crippen molar-refractivity contribution in [1.29, 1.82) is 0 Å². The van der Waals surface area contributed by atoms with Gasteiger partial charge in [0.25, 0.3) is 0 Å². The Bertz CT molecular complexity index is 1060. The monoisotopic (exact) mass is 392 g/mol. The van der Waals surface area contributed by atoms with E-state index in [1.807, 2.05) is 36.4 Å². The fourth-order valence-corrected chi connectivity index (χ4v) is 3.91. The minimum Gasteiger partial charge on any atom is -0.454 e. The van der Waals surface area contributed by atoms with Gasteiger partial charge in [0.05, 0.1) is 10.4 Å². The number of nitrogens with zero attached hydrogens (tertiary/aromatic N) is 2. The van der Waals surface area contributed by atoms with Gasteiger partial charge in [-0.3, -0.25) is 14.8 Å². The highest BCUT2D eigenvalue weighted by Crippen LogP contribution is 2.51. The normalized spacial score (nSPS) is 16.0. The summed E-state index contributed by atoms with van der Waals surface area (Å²) in [7, 11) is 0. The quantitative estimate of drug-likeness (QED) is 0.645. The summed E-state index contributed by atoms with van der Waals surface area (Å²) in [4.78, 5) is 21.5. The van der Waals surface area contributed by atoms with Crippen LogP contribution in [0.5, 0.6) is 11.5 Å². The summed E-state index contributed by atoms with van der Waals surface area (Å²) in [6.45, 7) is 0.234. The Morgan fingerprint density at radius 3 is 2.68 bits per heavy atom. The van der Waals surface area contributed by atoms with Crippen LogP contribution in [-0.4, -0.2) is 22.5 Å². The molecular formula is C22H17ClN2O3. The standard InChI is InChI=1S/C22H17ClN2O3/c23-18-12-24-8-5-17(18)14-1-3-16(25-11-14)10-21(26)22(6-7-22)15-2-4-19-20(9-15)28-13-27-19/h1-5,8-9,11-12H,6-7,10,13H2. The van der Waals surface area contributed by atoms with Crippen LogP contribution in [0.15, 0.2) is 55.0 Å². The Kier molecular flexibility index (Phi) is 4.05. The fraction of sp³-hybridized carbons (Fsp3) is 0.227. The highest BCUT2D eigenvalue weighted by molar-refractivity contribution is 6.33. The van der Waals surface area contributed by atoms with Crippen LogP contribution in [0, 0.1) is 0 Å². The molecule has 0 unspecified atom stereocenters. The Balaban J connectivity index is 1.35. The average Bonchev–Trinajstić information content (AvgIpc) is 3.40. The molecule has 1 aliphatic carbocycles. The van der Waals surface area contributed by atoms with E-state index in [1.165, 1.54) is 0 Å². The summed E-state index contributed by atoms with van der Waals surface area (Å²) in [5.41, 5.74) is 3.12. The first-order valence-corrected chi connectivity index (χ1v) is 9.52. The maximum atomic E-state index is 13.1. The molecule has 3 heterocycles. The van der Waals surface area contributed by atoms with Crippen molar-refractivity contribution in [1.82, 2.24) is 9.97 Å². The second-order valence-corrected chi connectivity index (χ2v) is 7.55. The number of rotatable bonds is 5. The summed E-state index contributed by atoms with van der Waals surface area (Å²) in [5, 5.41) is 0.577. The van der Waals surface area contributed by atoms with Crippen molar-refractivity contribution in [3.05, 3.63) is 71.3 Å². The number of fused-ring (bicyclic) bond motifs is 1. The summed E-state index contributed by atoms with van der Waals surface area (Å²) in [6.07, 6.45) is 7.08. The van der Waals surface area contributed by atoms with Gasteiger partial charge in [0.15, 0.2) is 11.5 Å². The zero-order valence-electron chi connectivity index (χ0n) is 15.0. The predicted octanol–water partition coefficient (Wildman–Crippen LogP) is 4.37. The Morgan fingerprint density at radius 2 is 1.93 bits per heavy atom. The summed E-state index contributed by atoms with van der Waals surface area (Å²) < 4.78 is 10.8. The SMILES string of the molecule is O=C(Cc1ccc(-c2ccncc2Cl)cn1)C1(c2ccc3c(c2)OCO3)CC1. The number of benzene rings is 1. The molecule has 2 aliphatic rings. The van der Waals surface area contributed by atoms with Crippen LogP contribution in [-0.2, 0) is 16.6 Å². The van der Waals surface area contributed by atoms with Gasteiger partial charge in [-0.1, -0.05) is 23.7 Å². The van der Waals surface area contributed by atoms with Crippen molar-refractivity contribution in [3.8, 4) is 22.6 Å². The first kappa shape index (κ1) is 17.2. The lowest BCUT2D eigenvalue weighted by molar-refractivity contribution is -0.120. The number of Topliss-reactive ketones (excluding diaryl/α,β-unsaturated/α-hetero) is 1. The van der Waals surface area contributed by atoms with Gasteiger partial charge in [0.1, 0.15) is 5.78 Å². The number of halogens is 1. The van der Waals surface area contributed by atoms with E-state index < -0.39 is 5.41 Å². The minimum absolute atomic E-state index is 0.188. The molecule has 1 fully saturated rings. The molecule has 1 aliphatic heterocycles. The van der Waals surface area contributed by atoms with Gasteiger partial charge < -0.3 is 9.47 Å². The largest absolute Gasteiger partial charge is 0.454 e. The molecule has 5 nitrogen and oxygen atoms in total. The van der Waals surface area contributed by atoms with Crippen LogP contribution >= 0.6 is 11.6 Å².